The molecule has 0 aliphatic heterocycles. The van der Waals surface area contributed by atoms with E-state index in [1.54, 1.807) is 0 Å². The van der Waals surface area contributed by atoms with Crippen LogP contribution in [0.2, 0.25) is 0 Å². The van der Waals surface area contributed by atoms with E-state index in [1.165, 1.54) is 0 Å². The average Bonchev–Trinajstić information content (AvgIpc) is 3.61. The smallest absolute Gasteiger partial charge is 0.306 e. The largest absolute Gasteiger partial charge is 0.756 e. The third-order valence-electron chi connectivity index (χ3n) is 13.5. The number of allylic oxidation sites excluding steroid dienone is 36. The summed E-state index contributed by atoms with van der Waals surface area (Å²) >= 11 is 0. The quantitative estimate of drug-likeness (QED) is 0.0195. The SMILES string of the molecule is CC/C=C\C/C=C\C/C=C\C/C=C\C/C=C\C/C=C\C/C=C\C/C=C\C/C=C\C/C=C\CCCCCCC(=O)OC(COC(=O)CCCCCCCC/C=C\C/C=C\C/C=C\C/C=C\C/C=C\C/C=C\C/C=C\C/C=C\CC)COP(=O)([O-])OCC[N+](C)(C)C. The van der Waals surface area contributed by atoms with Gasteiger partial charge < -0.3 is 27.9 Å². The fourth-order valence-corrected chi connectivity index (χ4v) is 9.01. The van der Waals surface area contributed by atoms with Gasteiger partial charge in [0.1, 0.15) is 19.8 Å². The van der Waals surface area contributed by atoms with Crippen LogP contribution in [-0.2, 0) is 32.7 Å². The first-order valence-corrected chi connectivity index (χ1v) is 35.9. The van der Waals surface area contributed by atoms with E-state index in [1.807, 2.05) is 21.1 Å². The van der Waals surface area contributed by atoms with Crippen LogP contribution in [-0.4, -0.2) is 70.0 Å². The van der Waals surface area contributed by atoms with Crippen LogP contribution in [0, 0.1) is 0 Å². The molecule has 502 valence electrons. The van der Waals surface area contributed by atoms with E-state index in [-0.39, 0.29) is 26.1 Å². The number of likely N-dealkylation sites (N-methyl/N-ethyl adjacent to an activating group) is 1. The molecule has 0 amide bonds. The average molecular weight is 1260 g/mol. The number of phosphoric ester groups is 1. The Morgan fingerprint density at radius 3 is 0.889 bits per heavy atom. The Kier molecular flexibility index (Phi) is 63.4. The molecular weight excluding hydrogens is 1130 g/mol. The molecule has 0 N–H and O–H groups in total. The molecule has 0 fully saturated rings. The molecule has 0 spiro atoms. The molecular formula is C80H124NO8P. The fraction of sp³-hybridized carbons (Fsp3) is 0.525. The van der Waals surface area contributed by atoms with E-state index in [2.05, 4.69) is 233 Å². The maximum Gasteiger partial charge on any atom is 0.306 e. The van der Waals surface area contributed by atoms with Gasteiger partial charge in [-0.1, -0.05) is 271 Å². The lowest BCUT2D eigenvalue weighted by Gasteiger charge is -2.28. The highest BCUT2D eigenvalue weighted by Gasteiger charge is 2.22. The summed E-state index contributed by atoms with van der Waals surface area (Å²) in [5, 5.41) is 0. The van der Waals surface area contributed by atoms with Crippen LogP contribution in [0.4, 0.5) is 0 Å². The van der Waals surface area contributed by atoms with Gasteiger partial charge in [-0.05, 0) is 154 Å². The maximum atomic E-state index is 12.9. The van der Waals surface area contributed by atoms with Crippen LogP contribution in [0.3, 0.4) is 0 Å². The first-order chi connectivity index (χ1) is 44.0. The molecule has 0 bridgehead atoms. The maximum absolute atomic E-state index is 12.9. The number of carbonyl (C=O) groups excluding carboxylic acids is 2. The predicted molar refractivity (Wildman–Crippen MR) is 387 cm³/mol. The fourth-order valence-electron chi connectivity index (χ4n) is 8.29. The second-order valence-corrected chi connectivity index (χ2v) is 24.5. The Morgan fingerprint density at radius 2 is 0.600 bits per heavy atom. The molecule has 0 aliphatic carbocycles. The summed E-state index contributed by atoms with van der Waals surface area (Å²) in [4.78, 5) is 38.1. The van der Waals surface area contributed by atoms with Gasteiger partial charge in [-0.2, -0.15) is 0 Å². The molecule has 2 unspecified atom stereocenters. The van der Waals surface area contributed by atoms with E-state index < -0.39 is 32.5 Å². The molecule has 0 rings (SSSR count). The molecule has 0 aromatic rings. The molecule has 0 radical (unpaired) electrons. The minimum atomic E-state index is -4.67. The summed E-state index contributed by atoms with van der Waals surface area (Å²) in [7, 11) is 1.10. The molecule has 90 heavy (non-hydrogen) atoms. The van der Waals surface area contributed by atoms with Gasteiger partial charge in [0.25, 0.3) is 7.82 Å². The third-order valence-corrected chi connectivity index (χ3v) is 14.5. The van der Waals surface area contributed by atoms with Crippen molar-refractivity contribution in [2.75, 3.05) is 47.5 Å². The number of phosphoric acid groups is 1. The zero-order valence-electron chi connectivity index (χ0n) is 57.0. The Bertz CT molecular complexity index is 2320. The van der Waals surface area contributed by atoms with E-state index >= 15 is 0 Å². The molecule has 0 saturated carbocycles. The van der Waals surface area contributed by atoms with Crippen molar-refractivity contribution >= 4 is 19.8 Å². The summed E-state index contributed by atoms with van der Waals surface area (Å²) < 4.78 is 34.2. The zero-order valence-corrected chi connectivity index (χ0v) is 57.9. The second kappa shape index (κ2) is 67.7. The van der Waals surface area contributed by atoms with Crippen LogP contribution in [0.25, 0.3) is 0 Å². The summed E-state index contributed by atoms with van der Waals surface area (Å²) in [5.41, 5.74) is 0. The van der Waals surface area contributed by atoms with Crippen molar-refractivity contribution in [1.29, 1.82) is 0 Å². The number of carbonyl (C=O) groups is 2. The summed E-state index contributed by atoms with van der Waals surface area (Å²) in [6.07, 6.45) is 109. The molecule has 2 atom stereocenters. The van der Waals surface area contributed by atoms with E-state index in [9.17, 15) is 19.0 Å². The van der Waals surface area contributed by atoms with Gasteiger partial charge in [-0.15, -0.1) is 0 Å². The van der Waals surface area contributed by atoms with Crippen molar-refractivity contribution in [3.05, 3.63) is 219 Å². The standard InChI is InChI=1S/C80H124NO8P/c1-6-8-10-12-14-16-18-20-22-24-26-28-30-32-34-36-38-39-40-41-43-45-47-49-51-53-55-57-59-61-63-65-67-69-71-73-80(83)89-78(77-88-90(84,85)87-75-74-81(3,4)5)76-86-79(82)72-70-68-66-64-62-60-58-56-54-52-50-48-46-44-42-37-35-33-31-29-27-25-23-21-19-17-15-13-11-9-7-2/h8-11,14-17,20-23,26-29,32-35,38-39,41-44,47-50,53-56,59,61,78H,6-7,12-13,18-19,24-25,30-31,36-37,40,45-46,51-52,57-58,60,62-77H2,1-5H3/b10-8-,11-9-,16-14-,17-15-,22-20-,23-21-,28-26-,29-27-,34-32-,35-33-,39-38-,43-41-,44-42-,49-47-,50-48-,55-53-,56-54-,61-59-. The van der Waals surface area contributed by atoms with Crippen LogP contribution >= 0.6 is 7.82 Å². The van der Waals surface area contributed by atoms with Gasteiger partial charge in [-0.3, -0.25) is 14.2 Å². The van der Waals surface area contributed by atoms with Crippen molar-refractivity contribution in [3.8, 4) is 0 Å². The van der Waals surface area contributed by atoms with Crippen molar-refractivity contribution in [1.82, 2.24) is 0 Å². The highest BCUT2D eigenvalue weighted by Crippen LogP contribution is 2.38. The Labute approximate surface area is 550 Å². The van der Waals surface area contributed by atoms with E-state index in [0.29, 0.717) is 23.9 Å². The summed E-state index contributed by atoms with van der Waals surface area (Å²) in [6, 6.07) is 0. The van der Waals surface area contributed by atoms with Crippen molar-refractivity contribution < 1.29 is 42.1 Å². The predicted octanol–water partition coefficient (Wildman–Crippen LogP) is 22.2. The highest BCUT2D eigenvalue weighted by atomic mass is 31.2. The summed E-state index contributed by atoms with van der Waals surface area (Å²) in [6.45, 7) is 3.93. The minimum absolute atomic E-state index is 0.0522. The van der Waals surface area contributed by atoms with Gasteiger partial charge in [0.2, 0.25) is 0 Å². The highest BCUT2D eigenvalue weighted by molar-refractivity contribution is 7.45. The number of rotatable bonds is 60. The van der Waals surface area contributed by atoms with Crippen molar-refractivity contribution in [2.45, 2.75) is 225 Å². The van der Waals surface area contributed by atoms with Crippen molar-refractivity contribution in [3.63, 3.8) is 0 Å². The molecule has 0 aromatic heterocycles. The number of esters is 2. The lowest BCUT2D eigenvalue weighted by atomic mass is 10.1. The second-order valence-electron chi connectivity index (χ2n) is 23.1. The Morgan fingerprint density at radius 1 is 0.344 bits per heavy atom. The topological polar surface area (TPSA) is 111 Å². The number of hydrogen-bond donors (Lipinski definition) is 0. The van der Waals surface area contributed by atoms with Crippen LogP contribution in [0.15, 0.2) is 219 Å². The monoisotopic (exact) mass is 1260 g/mol. The number of ether oxygens (including phenoxy) is 2. The molecule has 0 aromatic carbocycles. The number of hydrogen-bond acceptors (Lipinski definition) is 8. The zero-order chi connectivity index (χ0) is 65.5. The molecule has 9 nitrogen and oxygen atoms in total. The normalized spacial score (nSPS) is 14.5. The summed E-state index contributed by atoms with van der Waals surface area (Å²) in [5.74, 6) is -0.899. The molecule has 10 heteroatoms. The van der Waals surface area contributed by atoms with Crippen molar-refractivity contribution in [2.24, 2.45) is 0 Å². The van der Waals surface area contributed by atoms with Crippen LogP contribution < -0.4 is 4.89 Å². The first-order valence-electron chi connectivity index (χ1n) is 34.4. The number of nitrogens with zero attached hydrogens (tertiary/aromatic N) is 1. The van der Waals surface area contributed by atoms with Crippen LogP contribution in [0.5, 0.6) is 0 Å². The molecule has 0 heterocycles. The lowest BCUT2D eigenvalue weighted by molar-refractivity contribution is -0.870. The van der Waals surface area contributed by atoms with E-state index in [0.717, 1.165) is 180 Å². The number of quaternary nitrogens is 1. The van der Waals surface area contributed by atoms with Gasteiger partial charge in [-0.25, -0.2) is 0 Å². The first kappa shape index (κ1) is 84.3. The molecule has 0 aliphatic rings. The van der Waals surface area contributed by atoms with Crippen LogP contribution in [0.1, 0.15) is 219 Å². The van der Waals surface area contributed by atoms with Gasteiger partial charge in [0, 0.05) is 12.8 Å². The Balaban J connectivity index is 4.27. The van der Waals surface area contributed by atoms with E-state index in [4.69, 9.17) is 18.5 Å². The lowest BCUT2D eigenvalue weighted by Crippen LogP contribution is -2.37. The molecule has 0 saturated heterocycles. The van der Waals surface area contributed by atoms with Gasteiger partial charge >= 0.3 is 11.9 Å². The number of unbranched alkanes of at least 4 members (excludes halogenated alkanes) is 10. The Hall–Kier alpha value is -5.67. The van der Waals surface area contributed by atoms with Gasteiger partial charge in [0.05, 0.1) is 27.7 Å². The third kappa shape index (κ3) is 71.4. The minimum Gasteiger partial charge on any atom is -0.756 e. The van der Waals surface area contributed by atoms with Gasteiger partial charge in [0.15, 0.2) is 6.10 Å².